The molecular formula is C45H28Cl2N2O5. The fourth-order valence-corrected chi connectivity index (χ4v) is 9.44. The van der Waals surface area contributed by atoms with E-state index in [2.05, 4.69) is 0 Å². The van der Waals surface area contributed by atoms with Crippen molar-refractivity contribution in [3.8, 4) is 11.1 Å². The molecule has 3 aliphatic rings. The number of nitro benzene ring substituents is 1. The quantitative estimate of drug-likeness (QED) is 0.0921. The molecule has 0 radical (unpaired) electrons. The SMILES string of the molecule is O=C1[C@H]2[C@H](C(=O)N1c1ccc(-c3ccc([N+](=O)[O-])cc3)cc1)[C@@]1(c3ccc(Cl)cc3)C(=O)[C@@]2(c2ccc(Cl)cc2)C(c2ccccc2)=C1c1ccccc1. The number of fused-ring (bicyclic) bond motifs is 5. The van der Waals surface area contributed by atoms with Gasteiger partial charge in [0.05, 0.1) is 33.3 Å². The summed E-state index contributed by atoms with van der Waals surface area (Å²) in [7, 11) is 0. The average molecular weight is 748 g/mol. The van der Waals surface area contributed by atoms with E-state index in [0.717, 1.165) is 22.3 Å². The molecule has 9 heteroatoms. The predicted molar refractivity (Wildman–Crippen MR) is 209 cm³/mol. The summed E-state index contributed by atoms with van der Waals surface area (Å²) >= 11 is 12.9. The molecule has 2 fully saturated rings. The topological polar surface area (TPSA) is 97.6 Å². The highest BCUT2D eigenvalue weighted by atomic mass is 35.5. The van der Waals surface area contributed by atoms with E-state index >= 15 is 14.4 Å². The molecule has 7 nitrogen and oxygen atoms in total. The number of carbonyl (C=O) groups excluding carboxylic acids is 3. The Morgan fingerprint density at radius 1 is 0.500 bits per heavy atom. The number of imide groups is 1. The van der Waals surface area contributed by atoms with Crippen LogP contribution in [0, 0.1) is 22.0 Å². The normalized spacial score (nSPS) is 22.9. The molecule has 2 aliphatic carbocycles. The molecule has 0 aromatic heterocycles. The van der Waals surface area contributed by atoms with Crippen LogP contribution in [0.15, 0.2) is 158 Å². The summed E-state index contributed by atoms with van der Waals surface area (Å²) in [5, 5.41) is 12.2. The third kappa shape index (κ3) is 4.58. The van der Waals surface area contributed by atoms with Crippen LogP contribution in [0.1, 0.15) is 22.3 Å². The minimum absolute atomic E-state index is 0.0260. The maximum Gasteiger partial charge on any atom is 0.269 e. The summed E-state index contributed by atoms with van der Waals surface area (Å²) in [6.45, 7) is 0. The lowest BCUT2D eigenvalue weighted by Crippen LogP contribution is -2.45. The van der Waals surface area contributed by atoms with E-state index in [1.54, 1.807) is 84.9 Å². The minimum Gasteiger partial charge on any atom is -0.297 e. The first kappa shape index (κ1) is 33.7. The van der Waals surface area contributed by atoms with E-state index in [1.165, 1.54) is 17.0 Å². The Labute approximate surface area is 320 Å². The zero-order valence-corrected chi connectivity index (χ0v) is 29.9. The number of ketones is 1. The lowest BCUT2D eigenvalue weighted by molar-refractivity contribution is -0.384. The van der Waals surface area contributed by atoms with Gasteiger partial charge in [-0.25, -0.2) is 4.90 Å². The largest absolute Gasteiger partial charge is 0.297 e. The van der Waals surface area contributed by atoms with Crippen LogP contribution in [0.25, 0.3) is 22.3 Å². The molecule has 4 atom stereocenters. The summed E-state index contributed by atoms with van der Waals surface area (Å²) < 4.78 is 0. The molecule has 2 bridgehead atoms. The summed E-state index contributed by atoms with van der Waals surface area (Å²) in [5.41, 5.74) is 2.68. The van der Waals surface area contributed by atoms with Crippen LogP contribution in [0.4, 0.5) is 11.4 Å². The number of nitro groups is 1. The molecule has 9 rings (SSSR count). The van der Waals surface area contributed by atoms with Gasteiger partial charge < -0.3 is 0 Å². The number of rotatable bonds is 7. The second-order valence-corrected chi connectivity index (χ2v) is 14.6. The molecule has 0 unspecified atom stereocenters. The van der Waals surface area contributed by atoms with Crippen LogP contribution in [0.3, 0.4) is 0 Å². The Balaban J connectivity index is 1.31. The van der Waals surface area contributed by atoms with Crippen LogP contribution in [0.2, 0.25) is 10.0 Å². The van der Waals surface area contributed by atoms with Crippen LogP contribution in [-0.4, -0.2) is 22.5 Å². The number of amides is 2. The maximum atomic E-state index is 16.1. The number of nitrogens with zero attached hydrogens (tertiary/aromatic N) is 2. The van der Waals surface area contributed by atoms with E-state index in [4.69, 9.17) is 23.2 Å². The molecule has 0 spiro atoms. The molecule has 6 aromatic rings. The van der Waals surface area contributed by atoms with E-state index in [9.17, 15) is 10.1 Å². The van der Waals surface area contributed by atoms with Crippen molar-refractivity contribution in [2.45, 2.75) is 10.8 Å². The summed E-state index contributed by atoms with van der Waals surface area (Å²) in [5.74, 6) is -3.42. The second kappa shape index (κ2) is 12.5. The average Bonchev–Trinajstić information content (AvgIpc) is 3.71. The van der Waals surface area contributed by atoms with E-state index < -0.39 is 39.4 Å². The molecule has 1 heterocycles. The number of hydrogen-bond donors (Lipinski definition) is 0. The van der Waals surface area contributed by atoms with E-state index in [1.807, 2.05) is 60.7 Å². The van der Waals surface area contributed by atoms with Gasteiger partial charge in [0.1, 0.15) is 0 Å². The molecule has 1 aliphatic heterocycles. The van der Waals surface area contributed by atoms with Crippen LogP contribution < -0.4 is 4.90 Å². The molecule has 1 saturated heterocycles. The van der Waals surface area contributed by atoms with Gasteiger partial charge in [-0.05, 0) is 93.1 Å². The first-order valence-corrected chi connectivity index (χ1v) is 18.1. The van der Waals surface area contributed by atoms with Gasteiger partial charge in [0.25, 0.3) is 5.69 Å². The molecule has 54 heavy (non-hydrogen) atoms. The lowest BCUT2D eigenvalue weighted by Gasteiger charge is -2.39. The van der Waals surface area contributed by atoms with Crippen molar-refractivity contribution < 1.29 is 19.3 Å². The van der Waals surface area contributed by atoms with E-state index in [-0.39, 0.29) is 11.5 Å². The third-order valence-electron chi connectivity index (χ3n) is 11.3. The van der Waals surface area contributed by atoms with Crippen molar-refractivity contribution in [1.29, 1.82) is 0 Å². The lowest BCUT2D eigenvalue weighted by atomic mass is 9.59. The van der Waals surface area contributed by atoms with Gasteiger partial charge in [0.2, 0.25) is 11.8 Å². The van der Waals surface area contributed by atoms with Crippen molar-refractivity contribution in [3.05, 3.63) is 200 Å². The van der Waals surface area contributed by atoms with Crippen molar-refractivity contribution >= 4 is 63.3 Å². The summed E-state index contributed by atoms with van der Waals surface area (Å²) in [6, 6.07) is 46.4. The number of allylic oxidation sites excluding steroid dienone is 2. The maximum absolute atomic E-state index is 16.1. The number of carbonyl (C=O) groups is 3. The summed E-state index contributed by atoms with van der Waals surface area (Å²) in [6.07, 6.45) is 0. The van der Waals surface area contributed by atoms with Crippen LogP contribution in [0.5, 0.6) is 0 Å². The monoisotopic (exact) mass is 746 g/mol. The molecular weight excluding hydrogens is 719 g/mol. The highest BCUT2D eigenvalue weighted by Crippen LogP contribution is 2.74. The van der Waals surface area contributed by atoms with Gasteiger partial charge in [-0.1, -0.05) is 120 Å². The van der Waals surface area contributed by atoms with Crippen molar-refractivity contribution in [1.82, 2.24) is 0 Å². The first-order valence-electron chi connectivity index (χ1n) is 17.3. The molecule has 0 N–H and O–H groups in total. The fourth-order valence-electron chi connectivity index (χ4n) is 9.19. The van der Waals surface area contributed by atoms with Gasteiger partial charge in [-0.2, -0.15) is 0 Å². The van der Waals surface area contributed by atoms with Gasteiger partial charge in [-0.15, -0.1) is 0 Å². The Bertz CT molecular complexity index is 2410. The Morgan fingerprint density at radius 2 is 0.889 bits per heavy atom. The Morgan fingerprint density at radius 3 is 1.28 bits per heavy atom. The highest BCUT2D eigenvalue weighted by molar-refractivity contribution is 6.39. The van der Waals surface area contributed by atoms with Crippen LogP contribution >= 0.6 is 23.2 Å². The smallest absolute Gasteiger partial charge is 0.269 e. The zero-order chi connectivity index (χ0) is 37.4. The predicted octanol–water partition coefficient (Wildman–Crippen LogP) is 9.76. The number of non-ortho nitro benzene ring substituents is 1. The third-order valence-corrected chi connectivity index (χ3v) is 11.8. The van der Waals surface area contributed by atoms with Gasteiger partial charge in [0, 0.05) is 22.2 Å². The molecule has 1 saturated carbocycles. The fraction of sp³-hybridized carbons (Fsp3) is 0.0889. The minimum atomic E-state index is -1.58. The highest BCUT2D eigenvalue weighted by Gasteiger charge is 2.82. The molecule has 2 amide bonds. The van der Waals surface area contributed by atoms with Crippen molar-refractivity contribution in [3.63, 3.8) is 0 Å². The van der Waals surface area contributed by atoms with Crippen molar-refractivity contribution in [2.75, 3.05) is 4.90 Å². The number of benzene rings is 6. The molecule has 6 aromatic carbocycles. The zero-order valence-electron chi connectivity index (χ0n) is 28.4. The Kier molecular flexibility index (Phi) is 7.78. The standard InChI is InChI=1S/C45H28Cl2N2O5/c46-33-19-15-31(16-20-33)44-37(29-7-3-1-4-8-29)38(30-9-5-2-6-10-30)45(43(44)52,32-17-21-34(47)22-18-32)40-39(44)41(50)48(42(40)51)35-23-11-27(12-24-35)28-13-25-36(26-14-28)49(53)54/h1-26,39-40H/t39-,40-,44+,45+/m1/s1. The van der Waals surface area contributed by atoms with Gasteiger partial charge >= 0.3 is 0 Å². The number of hydrogen-bond acceptors (Lipinski definition) is 5. The first-order chi connectivity index (χ1) is 26.2. The molecule has 262 valence electrons. The second-order valence-electron chi connectivity index (χ2n) is 13.8. The van der Waals surface area contributed by atoms with Crippen molar-refractivity contribution in [2.24, 2.45) is 11.8 Å². The number of anilines is 1. The van der Waals surface area contributed by atoms with Gasteiger partial charge in [-0.3, -0.25) is 24.5 Å². The Hall–Kier alpha value is -6.15. The number of Topliss-reactive ketones (excluding diaryl/α,β-unsaturated/α-hetero) is 1. The van der Waals surface area contributed by atoms with Crippen LogP contribution in [-0.2, 0) is 25.2 Å². The van der Waals surface area contributed by atoms with Gasteiger partial charge in [0.15, 0.2) is 5.78 Å². The summed E-state index contributed by atoms with van der Waals surface area (Å²) in [4.78, 5) is 58.7. The van der Waals surface area contributed by atoms with E-state index in [0.29, 0.717) is 38.0 Å². The number of halogens is 2.